The van der Waals surface area contributed by atoms with Crippen LogP contribution in [0.3, 0.4) is 0 Å². The van der Waals surface area contributed by atoms with Crippen molar-refractivity contribution in [1.82, 2.24) is 9.97 Å². The minimum absolute atomic E-state index is 0.0355. The van der Waals surface area contributed by atoms with Crippen LogP contribution < -0.4 is 10.1 Å². The van der Waals surface area contributed by atoms with Gasteiger partial charge in [-0.3, -0.25) is 9.78 Å². The van der Waals surface area contributed by atoms with Gasteiger partial charge in [0.1, 0.15) is 6.10 Å². The number of nitrogens with one attached hydrogen (secondary N) is 1. The fraction of sp³-hybridized carbons (Fsp3) is 0.250. The number of rotatable bonds is 4. The van der Waals surface area contributed by atoms with E-state index in [1.165, 1.54) is 6.20 Å². The molecule has 132 valence electrons. The first-order valence-electron chi connectivity index (χ1n) is 8.57. The van der Waals surface area contributed by atoms with Crippen LogP contribution in [0.5, 0.6) is 5.88 Å². The third-order valence-corrected chi connectivity index (χ3v) is 4.27. The Morgan fingerprint density at radius 3 is 2.92 bits per heavy atom. The number of para-hydroxylation sites is 1. The van der Waals surface area contributed by atoms with Gasteiger partial charge in [0.25, 0.3) is 5.91 Å². The van der Waals surface area contributed by atoms with Crippen LogP contribution in [-0.4, -0.2) is 35.2 Å². The molecule has 1 aliphatic heterocycles. The Kier molecular flexibility index (Phi) is 4.50. The molecule has 0 spiro atoms. The first-order chi connectivity index (χ1) is 12.7. The minimum Gasteiger partial charge on any atom is -0.472 e. The Labute approximate surface area is 151 Å². The predicted octanol–water partition coefficient (Wildman–Crippen LogP) is 3.36. The second-order valence-electron chi connectivity index (χ2n) is 6.27. The van der Waals surface area contributed by atoms with Crippen molar-refractivity contribution in [2.24, 2.45) is 0 Å². The number of carbonyl (C=O) groups excluding carboxylic acids is 1. The van der Waals surface area contributed by atoms with E-state index in [0.29, 0.717) is 24.7 Å². The summed E-state index contributed by atoms with van der Waals surface area (Å²) in [6.07, 6.45) is 2.42. The Morgan fingerprint density at radius 2 is 2.15 bits per heavy atom. The number of pyridine rings is 2. The number of aromatic nitrogens is 2. The van der Waals surface area contributed by atoms with Crippen molar-refractivity contribution >= 4 is 22.5 Å². The number of aryl methyl sites for hydroxylation is 1. The number of amides is 1. The molecule has 0 saturated carbocycles. The molecule has 26 heavy (non-hydrogen) atoms. The van der Waals surface area contributed by atoms with Crippen molar-refractivity contribution in [2.45, 2.75) is 19.4 Å². The molecule has 4 rings (SSSR count). The summed E-state index contributed by atoms with van der Waals surface area (Å²) in [6, 6.07) is 13.0. The Hall–Kier alpha value is -2.99. The molecule has 1 aliphatic rings. The first kappa shape index (κ1) is 16.5. The van der Waals surface area contributed by atoms with Crippen molar-refractivity contribution in [3.05, 3.63) is 59.9 Å². The normalized spacial score (nSPS) is 16.6. The van der Waals surface area contributed by atoms with E-state index >= 15 is 0 Å². The number of hydrogen-bond acceptors (Lipinski definition) is 5. The fourth-order valence-corrected chi connectivity index (χ4v) is 2.97. The number of anilines is 1. The molecule has 1 N–H and O–H groups in total. The number of fused-ring (bicyclic) bond motifs is 1. The molecule has 1 aromatic carbocycles. The van der Waals surface area contributed by atoms with Crippen LogP contribution in [0.4, 0.5) is 5.69 Å². The number of ether oxygens (including phenoxy) is 2. The second-order valence-corrected chi connectivity index (χ2v) is 6.27. The molecule has 2 aromatic heterocycles. The van der Waals surface area contributed by atoms with Crippen molar-refractivity contribution in [3.63, 3.8) is 0 Å². The zero-order valence-corrected chi connectivity index (χ0v) is 14.4. The smallest absolute Gasteiger partial charge is 0.257 e. The minimum atomic E-state index is -0.219. The number of hydrogen-bond donors (Lipinski definition) is 1. The highest BCUT2D eigenvalue weighted by atomic mass is 16.5. The van der Waals surface area contributed by atoms with E-state index in [4.69, 9.17) is 9.47 Å². The summed E-state index contributed by atoms with van der Waals surface area (Å²) < 4.78 is 11.0. The molecule has 1 amide bonds. The van der Waals surface area contributed by atoms with Crippen LogP contribution in [0.25, 0.3) is 10.9 Å². The lowest BCUT2D eigenvalue weighted by molar-refractivity contribution is 0.102. The van der Waals surface area contributed by atoms with Crippen molar-refractivity contribution in [3.8, 4) is 5.88 Å². The quantitative estimate of drug-likeness (QED) is 0.782. The van der Waals surface area contributed by atoms with Crippen LogP contribution in [-0.2, 0) is 4.74 Å². The maximum Gasteiger partial charge on any atom is 0.257 e. The van der Waals surface area contributed by atoms with Crippen molar-refractivity contribution in [2.75, 3.05) is 18.5 Å². The van der Waals surface area contributed by atoms with E-state index in [1.807, 2.05) is 37.3 Å². The third kappa shape index (κ3) is 3.50. The molecule has 0 bridgehead atoms. The zero-order chi connectivity index (χ0) is 17.9. The maximum absolute atomic E-state index is 12.6. The van der Waals surface area contributed by atoms with Crippen LogP contribution in [0.15, 0.2) is 48.7 Å². The molecular weight excluding hydrogens is 330 g/mol. The standard InChI is InChI=1S/C20H19N3O3/c1-13-10-18(16-4-2-3-5-17(16)22-13)23-20(24)14-6-7-19(21-11-14)26-15-8-9-25-12-15/h2-7,10-11,15H,8-9,12H2,1H3,(H,22,23,24). The van der Waals surface area contributed by atoms with Crippen LogP contribution in [0, 0.1) is 6.92 Å². The van der Waals surface area contributed by atoms with Gasteiger partial charge in [0.15, 0.2) is 0 Å². The second kappa shape index (κ2) is 7.09. The highest BCUT2D eigenvalue weighted by molar-refractivity contribution is 6.08. The average Bonchev–Trinajstić information content (AvgIpc) is 3.15. The summed E-state index contributed by atoms with van der Waals surface area (Å²) in [5, 5.41) is 3.86. The van der Waals surface area contributed by atoms with Crippen LogP contribution in [0.2, 0.25) is 0 Å². The molecule has 6 nitrogen and oxygen atoms in total. The Bertz CT molecular complexity index is 935. The van der Waals surface area contributed by atoms with Gasteiger partial charge >= 0.3 is 0 Å². The Balaban J connectivity index is 1.51. The molecule has 0 radical (unpaired) electrons. The van der Waals surface area contributed by atoms with E-state index in [1.54, 1.807) is 12.1 Å². The van der Waals surface area contributed by atoms with Gasteiger partial charge in [0.05, 0.1) is 30.0 Å². The van der Waals surface area contributed by atoms with Gasteiger partial charge < -0.3 is 14.8 Å². The number of nitrogens with zero attached hydrogens (tertiary/aromatic N) is 2. The summed E-state index contributed by atoms with van der Waals surface area (Å²) >= 11 is 0. The molecule has 0 aliphatic carbocycles. The van der Waals surface area contributed by atoms with Gasteiger partial charge in [0, 0.05) is 29.8 Å². The molecule has 3 heterocycles. The molecular formula is C20H19N3O3. The van der Waals surface area contributed by atoms with E-state index in [-0.39, 0.29) is 12.0 Å². The van der Waals surface area contributed by atoms with Gasteiger partial charge in [-0.15, -0.1) is 0 Å². The van der Waals surface area contributed by atoms with Gasteiger partial charge in [0.2, 0.25) is 5.88 Å². The first-order valence-corrected chi connectivity index (χ1v) is 8.57. The summed E-state index contributed by atoms with van der Waals surface area (Å²) in [6.45, 7) is 3.20. The van der Waals surface area contributed by atoms with Crippen molar-refractivity contribution < 1.29 is 14.3 Å². The monoisotopic (exact) mass is 349 g/mol. The van der Waals surface area contributed by atoms with Crippen LogP contribution in [0.1, 0.15) is 22.5 Å². The topological polar surface area (TPSA) is 73.3 Å². The highest BCUT2D eigenvalue weighted by Gasteiger charge is 2.18. The van der Waals surface area contributed by atoms with Gasteiger partial charge in [-0.05, 0) is 25.1 Å². The lowest BCUT2D eigenvalue weighted by Gasteiger charge is -2.12. The van der Waals surface area contributed by atoms with Crippen LogP contribution >= 0.6 is 0 Å². The molecule has 6 heteroatoms. The summed E-state index contributed by atoms with van der Waals surface area (Å²) in [4.78, 5) is 21.3. The van der Waals surface area contributed by atoms with Gasteiger partial charge in [-0.25, -0.2) is 4.98 Å². The lowest BCUT2D eigenvalue weighted by Crippen LogP contribution is -2.17. The fourth-order valence-electron chi connectivity index (χ4n) is 2.97. The number of benzene rings is 1. The third-order valence-electron chi connectivity index (χ3n) is 4.27. The molecule has 1 fully saturated rings. The highest BCUT2D eigenvalue weighted by Crippen LogP contribution is 2.23. The van der Waals surface area contributed by atoms with E-state index in [2.05, 4.69) is 15.3 Å². The number of carbonyl (C=O) groups is 1. The largest absolute Gasteiger partial charge is 0.472 e. The molecule has 3 aromatic rings. The Morgan fingerprint density at radius 1 is 1.27 bits per heavy atom. The lowest BCUT2D eigenvalue weighted by atomic mass is 10.1. The van der Waals surface area contributed by atoms with Gasteiger partial charge in [-0.1, -0.05) is 18.2 Å². The maximum atomic E-state index is 12.6. The van der Waals surface area contributed by atoms with Crippen molar-refractivity contribution in [1.29, 1.82) is 0 Å². The molecule has 1 unspecified atom stereocenters. The summed E-state index contributed by atoms with van der Waals surface area (Å²) in [5.74, 6) is 0.284. The average molecular weight is 349 g/mol. The predicted molar refractivity (Wildman–Crippen MR) is 98.5 cm³/mol. The van der Waals surface area contributed by atoms with E-state index in [9.17, 15) is 4.79 Å². The van der Waals surface area contributed by atoms with E-state index in [0.717, 1.165) is 28.7 Å². The molecule has 1 atom stereocenters. The SMILES string of the molecule is Cc1cc(NC(=O)c2ccc(OC3CCOC3)nc2)c2ccccc2n1. The zero-order valence-electron chi connectivity index (χ0n) is 14.4. The van der Waals surface area contributed by atoms with E-state index < -0.39 is 0 Å². The van der Waals surface area contributed by atoms with Gasteiger partial charge in [-0.2, -0.15) is 0 Å². The summed E-state index contributed by atoms with van der Waals surface area (Å²) in [5.41, 5.74) is 2.91. The molecule has 1 saturated heterocycles. The summed E-state index contributed by atoms with van der Waals surface area (Å²) in [7, 11) is 0.